The summed E-state index contributed by atoms with van der Waals surface area (Å²) >= 11 is 1.13. The largest absolute Gasteiger partial charge is 0.477 e. The molecule has 1 saturated heterocycles. The molecule has 1 amide bonds. The van der Waals surface area contributed by atoms with E-state index in [1.54, 1.807) is 6.20 Å². The number of rotatable bonds is 7. The van der Waals surface area contributed by atoms with Crippen LogP contribution in [0.25, 0.3) is 0 Å². The van der Waals surface area contributed by atoms with Gasteiger partial charge in [-0.05, 0) is 12.0 Å². The quantitative estimate of drug-likeness (QED) is 0.528. The van der Waals surface area contributed by atoms with E-state index in [9.17, 15) is 9.59 Å². The molecular weight excluding hydrogens is 406 g/mol. The number of benzene rings is 1. The molecule has 0 aliphatic carbocycles. The molecule has 3 N–H and O–H groups in total. The van der Waals surface area contributed by atoms with Gasteiger partial charge in [0.05, 0.1) is 24.9 Å². The minimum atomic E-state index is -0.990. The molecular formula is C20H21N5O4S. The van der Waals surface area contributed by atoms with Crippen LogP contribution in [0.5, 0.6) is 0 Å². The van der Waals surface area contributed by atoms with E-state index < -0.39 is 5.97 Å². The molecule has 30 heavy (non-hydrogen) atoms. The van der Waals surface area contributed by atoms with Crippen molar-refractivity contribution >= 4 is 28.3 Å². The molecule has 156 valence electrons. The number of aromatic amines is 1. The zero-order chi connectivity index (χ0) is 20.9. The van der Waals surface area contributed by atoms with Gasteiger partial charge in [-0.25, -0.2) is 14.8 Å². The normalized spacial score (nSPS) is 18.9. The van der Waals surface area contributed by atoms with Crippen molar-refractivity contribution in [2.24, 2.45) is 0 Å². The van der Waals surface area contributed by atoms with Crippen molar-refractivity contribution in [3.63, 3.8) is 0 Å². The number of hydrogen-bond acceptors (Lipinski definition) is 7. The average Bonchev–Trinajstić information content (AvgIpc) is 3.46. The Morgan fingerprint density at radius 2 is 2.13 bits per heavy atom. The lowest BCUT2D eigenvalue weighted by Gasteiger charge is -2.38. The van der Waals surface area contributed by atoms with E-state index in [2.05, 4.69) is 20.3 Å². The molecule has 1 aromatic carbocycles. The summed E-state index contributed by atoms with van der Waals surface area (Å²) in [5.41, 5.74) is 1.04. The molecule has 3 heterocycles. The van der Waals surface area contributed by atoms with Gasteiger partial charge in [0.1, 0.15) is 4.88 Å². The van der Waals surface area contributed by atoms with E-state index in [0.717, 1.165) is 16.9 Å². The summed E-state index contributed by atoms with van der Waals surface area (Å²) < 4.78 is 6.18. The Balaban J connectivity index is 1.47. The van der Waals surface area contributed by atoms with E-state index in [-0.39, 0.29) is 28.8 Å². The zero-order valence-corrected chi connectivity index (χ0v) is 16.8. The summed E-state index contributed by atoms with van der Waals surface area (Å²) in [6.45, 7) is 1.52. The average molecular weight is 427 g/mol. The molecule has 3 aromatic rings. The lowest BCUT2D eigenvalue weighted by Crippen LogP contribution is -2.55. The van der Waals surface area contributed by atoms with Crippen LogP contribution in [0.1, 0.15) is 32.3 Å². The summed E-state index contributed by atoms with van der Waals surface area (Å²) in [5.74, 6) is -1.02. The van der Waals surface area contributed by atoms with Gasteiger partial charge in [0, 0.05) is 25.5 Å². The maximum atomic E-state index is 12.5. The number of amides is 1. The van der Waals surface area contributed by atoms with Crippen molar-refractivity contribution in [1.29, 1.82) is 0 Å². The van der Waals surface area contributed by atoms with E-state index in [1.165, 1.54) is 12.4 Å². The highest BCUT2D eigenvalue weighted by Crippen LogP contribution is 2.27. The maximum absolute atomic E-state index is 12.5. The molecule has 1 aliphatic heterocycles. The lowest BCUT2D eigenvalue weighted by molar-refractivity contribution is 0.00961. The highest BCUT2D eigenvalue weighted by molar-refractivity contribution is 7.17. The van der Waals surface area contributed by atoms with Crippen molar-refractivity contribution < 1.29 is 19.4 Å². The second-order valence-corrected chi connectivity index (χ2v) is 7.91. The summed E-state index contributed by atoms with van der Waals surface area (Å²) in [5, 5.41) is 12.8. The number of carbonyl (C=O) groups is 2. The molecule has 10 heteroatoms. The number of imidazole rings is 1. The Labute approximate surface area is 176 Å². The molecule has 0 bridgehead atoms. The Bertz CT molecular complexity index is 992. The predicted molar refractivity (Wildman–Crippen MR) is 111 cm³/mol. The van der Waals surface area contributed by atoms with Crippen LogP contribution in [0.15, 0.2) is 48.9 Å². The number of hydrogen-bond donors (Lipinski definition) is 3. The van der Waals surface area contributed by atoms with Crippen LogP contribution in [0.3, 0.4) is 0 Å². The Hall–Kier alpha value is -3.24. The SMILES string of the molecule is O=C(N[C@H]1CCN(c2ncc(C(=O)O)s2)C[C@H]1OCc1ccccc1)c1ncc[nH]1. The molecule has 0 radical (unpaired) electrons. The fraction of sp³-hybridized carbons (Fsp3) is 0.300. The second-order valence-electron chi connectivity index (χ2n) is 6.90. The van der Waals surface area contributed by atoms with Gasteiger partial charge < -0.3 is 25.0 Å². The molecule has 9 nitrogen and oxygen atoms in total. The number of thiazole rings is 1. The number of nitrogens with zero attached hydrogens (tertiary/aromatic N) is 3. The van der Waals surface area contributed by atoms with Crippen LogP contribution in [-0.2, 0) is 11.3 Å². The number of carbonyl (C=O) groups excluding carboxylic acids is 1. The molecule has 1 fully saturated rings. The summed E-state index contributed by atoms with van der Waals surface area (Å²) in [7, 11) is 0. The van der Waals surface area contributed by atoms with Crippen molar-refractivity contribution in [2.75, 3.05) is 18.0 Å². The smallest absolute Gasteiger partial charge is 0.347 e. The first-order valence-corrected chi connectivity index (χ1v) is 10.3. The fourth-order valence-corrected chi connectivity index (χ4v) is 4.13. The van der Waals surface area contributed by atoms with Gasteiger partial charge >= 0.3 is 5.97 Å². The summed E-state index contributed by atoms with van der Waals surface area (Å²) in [4.78, 5) is 36.9. The molecule has 1 aliphatic rings. The monoisotopic (exact) mass is 427 g/mol. The van der Waals surface area contributed by atoms with Crippen molar-refractivity contribution in [3.05, 3.63) is 65.2 Å². The van der Waals surface area contributed by atoms with Crippen LogP contribution < -0.4 is 10.2 Å². The van der Waals surface area contributed by atoms with Crippen LogP contribution in [0.4, 0.5) is 5.13 Å². The number of carboxylic acid groups (broad SMARTS) is 1. The minimum Gasteiger partial charge on any atom is -0.477 e. The van der Waals surface area contributed by atoms with Gasteiger partial charge in [0.25, 0.3) is 5.91 Å². The van der Waals surface area contributed by atoms with Gasteiger partial charge in [0.2, 0.25) is 0 Å². The zero-order valence-electron chi connectivity index (χ0n) is 16.0. The molecule has 4 rings (SSSR count). The Morgan fingerprint density at radius 1 is 1.30 bits per heavy atom. The maximum Gasteiger partial charge on any atom is 0.347 e. The Kier molecular flexibility index (Phi) is 6.05. The van der Waals surface area contributed by atoms with Crippen LogP contribution >= 0.6 is 11.3 Å². The van der Waals surface area contributed by atoms with Gasteiger partial charge in [-0.3, -0.25) is 4.79 Å². The topological polar surface area (TPSA) is 120 Å². The first kappa shape index (κ1) is 20.0. The van der Waals surface area contributed by atoms with Crippen molar-refractivity contribution in [3.8, 4) is 0 Å². The molecule has 0 spiro atoms. The number of carboxylic acids is 1. The van der Waals surface area contributed by atoms with E-state index in [0.29, 0.717) is 31.2 Å². The van der Waals surface area contributed by atoms with Gasteiger partial charge in [-0.15, -0.1) is 0 Å². The minimum absolute atomic E-state index is 0.194. The van der Waals surface area contributed by atoms with E-state index in [4.69, 9.17) is 9.84 Å². The molecule has 2 aromatic heterocycles. The van der Waals surface area contributed by atoms with Gasteiger partial charge in [0.15, 0.2) is 11.0 Å². The number of anilines is 1. The number of ether oxygens (including phenoxy) is 1. The number of H-pyrrole nitrogens is 1. The van der Waals surface area contributed by atoms with Crippen molar-refractivity contribution in [2.45, 2.75) is 25.2 Å². The third-order valence-corrected chi connectivity index (χ3v) is 5.92. The third-order valence-electron chi connectivity index (χ3n) is 4.87. The van der Waals surface area contributed by atoms with Gasteiger partial charge in [-0.1, -0.05) is 41.7 Å². The molecule has 0 saturated carbocycles. The number of aromatic nitrogens is 3. The lowest BCUT2D eigenvalue weighted by atomic mass is 10.0. The first-order chi connectivity index (χ1) is 14.6. The van der Waals surface area contributed by atoms with Crippen molar-refractivity contribution in [1.82, 2.24) is 20.3 Å². The number of aromatic carboxylic acids is 1. The van der Waals surface area contributed by atoms with E-state index >= 15 is 0 Å². The van der Waals surface area contributed by atoms with Gasteiger partial charge in [-0.2, -0.15) is 0 Å². The number of nitrogens with one attached hydrogen (secondary N) is 2. The molecule has 2 atom stereocenters. The Morgan fingerprint density at radius 3 is 2.83 bits per heavy atom. The van der Waals surface area contributed by atoms with Crippen LogP contribution in [0.2, 0.25) is 0 Å². The van der Waals surface area contributed by atoms with Crippen LogP contribution in [-0.4, -0.2) is 57.2 Å². The summed E-state index contributed by atoms with van der Waals surface area (Å²) in [6, 6.07) is 9.60. The fourth-order valence-electron chi connectivity index (χ4n) is 3.34. The second kappa shape index (κ2) is 9.06. The standard InChI is InChI=1S/C20H21N5O4S/c26-18(17-21-7-8-22-17)24-14-6-9-25(20-23-10-16(30-20)19(27)28)11-15(14)29-12-13-4-2-1-3-5-13/h1-5,7-8,10,14-15H,6,9,11-12H2,(H,21,22)(H,24,26)(H,27,28)/t14-,15+/m0/s1. The highest BCUT2D eigenvalue weighted by atomic mass is 32.1. The first-order valence-electron chi connectivity index (χ1n) is 9.50. The third kappa shape index (κ3) is 4.66. The van der Waals surface area contributed by atoms with Crippen LogP contribution in [0, 0.1) is 0 Å². The number of piperidine rings is 1. The molecule has 0 unspecified atom stereocenters. The summed E-state index contributed by atoms with van der Waals surface area (Å²) in [6.07, 6.45) is 4.84. The van der Waals surface area contributed by atoms with E-state index in [1.807, 2.05) is 35.2 Å². The predicted octanol–water partition coefficient (Wildman–Crippen LogP) is 2.16. The highest BCUT2D eigenvalue weighted by Gasteiger charge is 2.33.